The predicted octanol–water partition coefficient (Wildman–Crippen LogP) is 2.23. The van der Waals surface area contributed by atoms with E-state index >= 15 is 0 Å². The van der Waals surface area contributed by atoms with Gasteiger partial charge in [-0.15, -0.1) is 11.3 Å². The number of carbonyl (C=O) groups is 1. The molecule has 2 aromatic heterocycles. The summed E-state index contributed by atoms with van der Waals surface area (Å²) in [4.78, 5) is 25.3. The molecule has 0 aromatic carbocycles. The molecule has 0 saturated heterocycles. The Bertz CT molecular complexity index is 651. The maximum Gasteiger partial charge on any atom is 0.265 e. The van der Waals surface area contributed by atoms with Gasteiger partial charge in [-0.1, -0.05) is 0 Å². The van der Waals surface area contributed by atoms with Crippen molar-refractivity contribution in [3.05, 3.63) is 28.1 Å². The summed E-state index contributed by atoms with van der Waals surface area (Å²) in [5.41, 5.74) is 1.68. The number of nitrogens with zero attached hydrogens (tertiary/aromatic N) is 4. The van der Waals surface area contributed by atoms with E-state index in [-0.39, 0.29) is 5.91 Å². The molecule has 112 valence electrons. The van der Waals surface area contributed by atoms with E-state index in [0.29, 0.717) is 22.3 Å². The molecule has 6 nitrogen and oxygen atoms in total. The first-order chi connectivity index (χ1) is 9.88. The molecule has 0 aliphatic rings. The van der Waals surface area contributed by atoms with Gasteiger partial charge in [0.2, 0.25) is 5.95 Å². The third-order valence-corrected chi connectivity index (χ3v) is 3.83. The molecular formula is C14H19N5OS. The molecule has 2 rings (SSSR count). The maximum atomic E-state index is 12.2. The highest BCUT2D eigenvalue weighted by molar-refractivity contribution is 7.12. The highest BCUT2D eigenvalue weighted by atomic mass is 32.1. The van der Waals surface area contributed by atoms with Crippen molar-refractivity contribution in [1.29, 1.82) is 0 Å². The molecule has 2 aromatic rings. The Morgan fingerprint density at radius 2 is 1.95 bits per heavy atom. The molecule has 0 aliphatic carbocycles. The third-order valence-electron chi connectivity index (χ3n) is 2.78. The summed E-state index contributed by atoms with van der Waals surface area (Å²) in [7, 11) is 7.52. The number of hydrogen-bond acceptors (Lipinski definition) is 6. The summed E-state index contributed by atoms with van der Waals surface area (Å²) in [6, 6.07) is 1.87. The Labute approximate surface area is 128 Å². The molecule has 1 N–H and O–H groups in total. The van der Waals surface area contributed by atoms with Crippen LogP contribution in [0, 0.1) is 6.92 Å². The minimum absolute atomic E-state index is 0.141. The van der Waals surface area contributed by atoms with Gasteiger partial charge in [0.15, 0.2) is 5.82 Å². The van der Waals surface area contributed by atoms with Gasteiger partial charge in [0.05, 0.1) is 11.1 Å². The van der Waals surface area contributed by atoms with Crippen LogP contribution in [0.1, 0.15) is 15.2 Å². The standard InChI is InChI=1S/C14H19N5OS/c1-9-6-11(21-8-9)13(20)16-10-7-15-14(19(4)5)17-12(10)18(2)3/h6-8H,1-5H3,(H,16,20). The smallest absolute Gasteiger partial charge is 0.265 e. The van der Waals surface area contributed by atoms with E-state index in [0.717, 1.165) is 5.56 Å². The first-order valence-corrected chi connectivity index (χ1v) is 7.34. The Balaban J connectivity index is 2.29. The topological polar surface area (TPSA) is 61.4 Å². The summed E-state index contributed by atoms with van der Waals surface area (Å²) >= 11 is 1.42. The van der Waals surface area contributed by atoms with E-state index in [1.54, 1.807) is 6.20 Å². The zero-order valence-corrected chi connectivity index (χ0v) is 13.7. The van der Waals surface area contributed by atoms with Crippen molar-refractivity contribution in [3.63, 3.8) is 0 Å². The van der Waals surface area contributed by atoms with Crippen molar-refractivity contribution in [2.45, 2.75) is 6.92 Å². The summed E-state index contributed by atoms with van der Waals surface area (Å²) in [5, 5.41) is 4.83. The van der Waals surface area contributed by atoms with Crippen LogP contribution in [0.3, 0.4) is 0 Å². The van der Waals surface area contributed by atoms with E-state index in [4.69, 9.17) is 0 Å². The minimum Gasteiger partial charge on any atom is -0.361 e. The quantitative estimate of drug-likeness (QED) is 0.938. The number of nitrogens with one attached hydrogen (secondary N) is 1. The molecular weight excluding hydrogens is 286 g/mol. The Morgan fingerprint density at radius 1 is 1.24 bits per heavy atom. The molecule has 0 atom stereocenters. The van der Waals surface area contributed by atoms with Gasteiger partial charge in [0.25, 0.3) is 5.91 Å². The minimum atomic E-state index is -0.141. The molecule has 0 bridgehead atoms. The molecule has 0 fully saturated rings. The van der Waals surface area contributed by atoms with E-state index in [2.05, 4.69) is 15.3 Å². The lowest BCUT2D eigenvalue weighted by molar-refractivity contribution is 0.103. The molecule has 21 heavy (non-hydrogen) atoms. The largest absolute Gasteiger partial charge is 0.361 e. The molecule has 2 heterocycles. The fourth-order valence-electron chi connectivity index (χ4n) is 1.74. The molecule has 7 heteroatoms. The first kappa shape index (κ1) is 15.2. The van der Waals surface area contributed by atoms with E-state index in [1.165, 1.54) is 11.3 Å². The van der Waals surface area contributed by atoms with Crippen molar-refractivity contribution >= 4 is 34.7 Å². The summed E-state index contributed by atoms with van der Waals surface area (Å²) in [5.74, 6) is 1.14. The lowest BCUT2D eigenvalue weighted by Crippen LogP contribution is -2.20. The number of aryl methyl sites for hydroxylation is 1. The number of aromatic nitrogens is 2. The lowest BCUT2D eigenvalue weighted by atomic mass is 10.3. The Hall–Kier alpha value is -2.15. The molecule has 0 aliphatic heterocycles. The van der Waals surface area contributed by atoms with Crippen LogP contribution in [0.15, 0.2) is 17.6 Å². The van der Waals surface area contributed by atoms with Crippen LogP contribution >= 0.6 is 11.3 Å². The number of rotatable bonds is 4. The van der Waals surface area contributed by atoms with Crippen LogP contribution in [0.5, 0.6) is 0 Å². The lowest BCUT2D eigenvalue weighted by Gasteiger charge is -2.19. The van der Waals surface area contributed by atoms with Crippen LogP contribution < -0.4 is 15.1 Å². The number of carbonyl (C=O) groups excluding carboxylic acids is 1. The second kappa shape index (κ2) is 6.09. The third kappa shape index (κ3) is 3.49. The summed E-state index contributed by atoms with van der Waals surface area (Å²) in [6.45, 7) is 1.97. The van der Waals surface area contributed by atoms with Gasteiger partial charge in [-0.2, -0.15) is 4.98 Å². The van der Waals surface area contributed by atoms with Crippen LogP contribution in [-0.4, -0.2) is 44.1 Å². The molecule has 0 radical (unpaired) electrons. The number of anilines is 3. The summed E-state index contributed by atoms with van der Waals surface area (Å²) < 4.78 is 0. The average Bonchev–Trinajstić information content (AvgIpc) is 2.85. The van der Waals surface area contributed by atoms with Crippen molar-refractivity contribution in [2.24, 2.45) is 0 Å². The fourth-order valence-corrected chi connectivity index (χ4v) is 2.54. The SMILES string of the molecule is Cc1csc(C(=O)Nc2cnc(N(C)C)nc2N(C)C)c1. The maximum absolute atomic E-state index is 12.2. The highest BCUT2D eigenvalue weighted by Crippen LogP contribution is 2.24. The van der Waals surface area contributed by atoms with E-state index in [1.807, 2.05) is 56.4 Å². The van der Waals surface area contributed by atoms with Crippen LogP contribution in [0.4, 0.5) is 17.5 Å². The normalized spacial score (nSPS) is 10.3. The Kier molecular flexibility index (Phi) is 4.42. The second-order valence-electron chi connectivity index (χ2n) is 5.14. The number of amides is 1. The zero-order chi connectivity index (χ0) is 15.6. The van der Waals surface area contributed by atoms with Gasteiger partial charge in [0.1, 0.15) is 5.69 Å². The number of thiophene rings is 1. The van der Waals surface area contributed by atoms with Gasteiger partial charge in [-0.05, 0) is 23.9 Å². The first-order valence-electron chi connectivity index (χ1n) is 6.46. The van der Waals surface area contributed by atoms with E-state index < -0.39 is 0 Å². The highest BCUT2D eigenvalue weighted by Gasteiger charge is 2.15. The van der Waals surface area contributed by atoms with E-state index in [9.17, 15) is 4.79 Å². The van der Waals surface area contributed by atoms with Crippen molar-refractivity contribution < 1.29 is 4.79 Å². The van der Waals surface area contributed by atoms with Gasteiger partial charge in [0, 0.05) is 28.2 Å². The van der Waals surface area contributed by atoms with Gasteiger partial charge in [-0.25, -0.2) is 4.98 Å². The molecule has 1 amide bonds. The monoisotopic (exact) mass is 305 g/mol. The zero-order valence-electron chi connectivity index (χ0n) is 12.8. The summed E-state index contributed by atoms with van der Waals surface area (Å²) in [6.07, 6.45) is 1.63. The van der Waals surface area contributed by atoms with Crippen molar-refractivity contribution in [3.8, 4) is 0 Å². The molecule has 0 saturated carbocycles. The van der Waals surface area contributed by atoms with Gasteiger partial charge < -0.3 is 15.1 Å². The van der Waals surface area contributed by atoms with Crippen LogP contribution in [-0.2, 0) is 0 Å². The van der Waals surface area contributed by atoms with Crippen LogP contribution in [0.2, 0.25) is 0 Å². The average molecular weight is 305 g/mol. The molecule has 0 spiro atoms. The van der Waals surface area contributed by atoms with Crippen molar-refractivity contribution in [1.82, 2.24) is 9.97 Å². The molecule has 0 unspecified atom stereocenters. The number of hydrogen-bond donors (Lipinski definition) is 1. The van der Waals surface area contributed by atoms with Crippen LogP contribution in [0.25, 0.3) is 0 Å². The van der Waals surface area contributed by atoms with Gasteiger partial charge in [-0.3, -0.25) is 4.79 Å². The van der Waals surface area contributed by atoms with Crippen molar-refractivity contribution in [2.75, 3.05) is 43.3 Å². The Morgan fingerprint density at radius 3 is 2.48 bits per heavy atom. The fraction of sp³-hybridized carbons (Fsp3) is 0.357. The predicted molar refractivity (Wildman–Crippen MR) is 87.7 cm³/mol. The van der Waals surface area contributed by atoms with Gasteiger partial charge >= 0.3 is 0 Å². The second-order valence-corrected chi connectivity index (χ2v) is 6.05.